The van der Waals surface area contributed by atoms with E-state index in [-0.39, 0.29) is 0 Å². The van der Waals surface area contributed by atoms with Crippen molar-refractivity contribution in [3.05, 3.63) is 0 Å². The molecule has 1 heteroatoms. The lowest BCUT2D eigenvalue weighted by Gasteiger charge is -2.20. The van der Waals surface area contributed by atoms with Gasteiger partial charge in [0.15, 0.2) is 0 Å². The number of unbranched alkanes of at least 4 members (excludes halogenated alkanes) is 4. The zero-order chi connectivity index (χ0) is 10.1. The van der Waals surface area contributed by atoms with Crippen LogP contribution in [0, 0.1) is 0 Å². The van der Waals surface area contributed by atoms with Gasteiger partial charge in [-0.05, 0) is 0 Å². The van der Waals surface area contributed by atoms with Gasteiger partial charge in [-0.1, -0.05) is 82.7 Å². The fourth-order valence-electron chi connectivity index (χ4n) is 2.69. The lowest BCUT2D eigenvalue weighted by Crippen LogP contribution is -2.07. The van der Waals surface area contributed by atoms with Crippen molar-refractivity contribution in [1.82, 2.24) is 0 Å². The predicted octanol–water partition coefficient (Wildman–Crippen LogP) is 4.30. The average Bonchev–Trinajstić information content (AvgIpc) is 2.25. The van der Waals surface area contributed by atoms with Gasteiger partial charge in [-0.15, -0.1) is 0 Å². The first-order valence-electron chi connectivity index (χ1n) is 6.93. The predicted molar refractivity (Wildman–Crippen MR) is 68.9 cm³/mol. The summed E-state index contributed by atoms with van der Waals surface area (Å²) < 4.78 is 0. The van der Waals surface area contributed by atoms with Gasteiger partial charge in [-0.25, -0.2) is 0 Å². The highest BCUT2D eigenvalue weighted by atomic mass is 28.2. The van der Waals surface area contributed by atoms with Crippen LogP contribution in [0.25, 0.3) is 0 Å². The normalized spacial score (nSPS) is 19.5. The quantitative estimate of drug-likeness (QED) is 0.436. The molecular weight excluding hydrogens is 184 g/mol. The Balaban J connectivity index is 1.82. The van der Waals surface area contributed by atoms with Gasteiger partial charge in [0.05, 0.1) is 0 Å². The molecule has 1 aliphatic rings. The standard InChI is InChI=1S/C13H28Si/c1-2-3-4-5-9-12-14-13-10-7-6-8-11-13/h13H,2-12,14H2,1H3. The highest BCUT2D eigenvalue weighted by molar-refractivity contribution is 6.37. The van der Waals surface area contributed by atoms with E-state index >= 15 is 0 Å². The molecule has 1 rings (SSSR count). The van der Waals surface area contributed by atoms with E-state index in [2.05, 4.69) is 6.92 Å². The van der Waals surface area contributed by atoms with Gasteiger partial charge in [-0.2, -0.15) is 0 Å². The van der Waals surface area contributed by atoms with Crippen molar-refractivity contribution in [2.45, 2.75) is 82.7 Å². The van der Waals surface area contributed by atoms with Crippen LogP contribution < -0.4 is 0 Å². The Kier molecular flexibility index (Phi) is 7.48. The zero-order valence-electron chi connectivity index (χ0n) is 10.1. The van der Waals surface area contributed by atoms with Crippen LogP contribution in [0.5, 0.6) is 0 Å². The van der Waals surface area contributed by atoms with Crippen molar-refractivity contribution in [2.75, 3.05) is 0 Å². The van der Waals surface area contributed by atoms with E-state index < -0.39 is 0 Å². The topological polar surface area (TPSA) is 0 Å². The summed E-state index contributed by atoms with van der Waals surface area (Å²) in [6, 6.07) is 1.65. The number of rotatable bonds is 7. The first-order chi connectivity index (χ1) is 6.93. The Morgan fingerprint density at radius 1 is 0.929 bits per heavy atom. The summed E-state index contributed by atoms with van der Waals surface area (Å²) in [5.74, 6) is 0. The molecule has 0 aromatic carbocycles. The fourth-order valence-corrected chi connectivity index (χ4v) is 5.06. The molecule has 1 fully saturated rings. The molecule has 0 atom stereocenters. The Bertz CT molecular complexity index is 116. The van der Waals surface area contributed by atoms with Crippen molar-refractivity contribution in [3.63, 3.8) is 0 Å². The smallest absolute Gasteiger partial charge is 0.0231 e. The highest BCUT2D eigenvalue weighted by Crippen LogP contribution is 2.28. The second kappa shape index (κ2) is 8.52. The van der Waals surface area contributed by atoms with Crippen LogP contribution in [0.1, 0.15) is 71.1 Å². The molecule has 1 aliphatic carbocycles. The van der Waals surface area contributed by atoms with Crippen LogP contribution >= 0.6 is 0 Å². The minimum Gasteiger partial charge on any atom is -0.0654 e. The summed E-state index contributed by atoms with van der Waals surface area (Å²) in [6.07, 6.45) is 15.3. The van der Waals surface area contributed by atoms with E-state index in [9.17, 15) is 0 Å². The summed E-state index contributed by atoms with van der Waals surface area (Å²) in [5.41, 5.74) is 1.25. The first-order valence-corrected chi connectivity index (χ1v) is 8.75. The average molecular weight is 212 g/mol. The lowest BCUT2D eigenvalue weighted by atomic mass is 10.0. The summed E-state index contributed by atoms with van der Waals surface area (Å²) in [5, 5.41) is 0. The molecular formula is C13H28Si. The maximum Gasteiger partial charge on any atom is 0.0231 e. The lowest BCUT2D eigenvalue weighted by molar-refractivity contribution is 0.499. The second-order valence-electron chi connectivity index (χ2n) is 5.06. The molecule has 0 saturated heterocycles. The summed E-state index contributed by atoms with van der Waals surface area (Å²) in [4.78, 5) is 0. The van der Waals surface area contributed by atoms with E-state index in [0.29, 0.717) is 9.52 Å². The molecule has 1 saturated carbocycles. The van der Waals surface area contributed by atoms with Gasteiger partial charge < -0.3 is 0 Å². The van der Waals surface area contributed by atoms with E-state index in [4.69, 9.17) is 0 Å². The Hall–Kier alpha value is 0.217. The third-order valence-electron chi connectivity index (χ3n) is 3.69. The molecule has 0 bridgehead atoms. The maximum atomic E-state index is 2.30. The van der Waals surface area contributed by atoms with Crippen molar-refractivity contribution in [1.29, 1.82) is 0 Å². The fraction of sp³-hybridized carbons (Fsp3) is 1.00. The van der Waals surface area contributed by atoms with E-state index in [0.717, 1.165) is 0 Å². The first kappa shape index (κ1) is 12.3. The summed E-state index contributed by atoms with van der Waals surface area (Å²) >= 11 is 0. The molecule has 0 nitrogen and oxygen atoms in total. The summed E-state index contributed by atoms with van der Waals surface area (Å²) in [7, 11) is 0.331. The van der Waals surface area contributed by atoms with Crippen LogP contribution in [-0.2, 0) is 0 Å². The molecule has 0 heterocycles. The molecule has 14 heavy (non-hydrogen) atoms. The minimum atomic E-state index is 0.331. The van der Waals surface area contributed by atoms with E-state index in [1.165, 1.54) is 37.6 Å². The number of hydrogen-bond acceptors (Lipinski definition) is 0. The van der Waals surface area contributed by atoms with Gasteiger partial charge in [0, 0.05) is 9.52 Å². The van der Waals surface area contributed by atoms with Gasteiger partial charge >= 0.3 is 0 Å². The molecule has 0 unspecified atom stereocenters. The van der Waals surface area contributed by atoms with Crippen LogP contribution in [0.2, 0.25) is 11.6 Å². The van der Waals surface area contributed by atoms with Gasteiger partial charge in [0.2, 0.25) is 0 Å². The maximum absolute atomic E-state index is 2.30. The van der Waals surface area contributed by atoms with Crippen LogP contribution in [0.4, 0.5) is 0 Å². The van der Waals surface area contributed by atoms with Crippen molar-refractivity contribution < 1.29 is 0 Å². The van der Waals surface area contributed by atoms with Crippen LogP contribution in [-0.4, -0.2) is 9.52 Å². The van der Waals surface area contributed by atoms with Gasteiger partial charge in [-0.3, -0.25) is 0 Å². The third-order valence-corrected chi connectivity index (χ3v) is 6.23. The van der Waals surface area contributed by atoms with Crippen molar-refractivity contribution in [2.24, 2.45) is 0 Å². The van der Waals surface area contributed by atoms with Crippen LogP contribution in [0.3, 0.4) is 0 Å². The molecule has 0 N–H and O–H groups in total. The van der Waals surface area contributed by atoms with Gasteiger partial charge in [0.25, 0.3) is 0 Å². The highest BCUT2D eigenvalue weighted by Gasteiger charge is 2.12. The molecule has 0 radical (unpaired) electrons. The van der Waals surface area contributed by atoms with E-state index in [1.54, 1.807) is 38.1 Å². The SMILES string of the molecule is CCCCCCC[SiH2]C1CCCCC1. The molecule has 0 amide bonds. The molecule has 84 valence electrons. The Labute approximate surface area is 92.7 Å². The Morgan fingerprint density at radius 2 is 1.64 bits per heavy atom. The molecule has 0 spiro atoms. The van der Waals surface area contributed by atoms with Crippen LogP contribution in [0.15, 0.2) is 0 Å². The Morgan fingerprint density at radius 3 is 2.36 bits per heavy atom. The monoisotopic (exact) mass is 212 g/mol. The number of hydrogen-bond donors (Lipinski definition) is 0. The zero-order valence-corrected chi connectivity index (χ0v) is 11.5. The molecule has 0 aliphatic heterocycles. The molecule has 0 aromatic rings. The summed E-state index contributed by atoms with van der Waals surface area (Å²) in [6.45, 7) is 2.30. The largest absolute Gasteiger partial charge is 0.0654 e. The molecule has 0 aromatic heterocycles. The van der Waals surface area contributed by atoms with Gasteiger partial charge in [0.1, 0.15) is 0 Å². The van der Waals surface area contributed by atoms with Crippen molar-refractivity contribution in [3.8, 4) is 0 Å². The van der Waals surface area contributed by atoms with Crippen molar-refractivity contribution >= 4 is 9.52 Å². The minimum absolute atomic E-state index is 0.331. The third kappa shape index (κ3) is 5.84. The van der Waals surface area contributed by atoms with E-state index in [1.807, 2.05) is 0 Å². The second-order valence-corrected chi connectivity index (χ2v) is 7.50.